The molecule has 0 unspecified atom stereocenters. The summed E-state index contributed by atoms with van der Waals surface area (Å²) in [4.78, 5) is 4.26. The van der Waals surface area contributed by atoms with E-state index < -0.39 is 0 Å². The molecule has 0 spiro atoms. The van der Waals surface area contributed by atoms with Crippen LogP contribution in [0.1, 0.15) is 10.6 Å². The fourth-order valence-corrected chi connectivity index (χ4v) is 2.69. The van der Waals surface area contributed by atoms with Crippen molar-refractivity contribution in [3.8, 4) is 11.1 Å². The predicted octanol–water partition coefficient (Wildman–Crippen LogP) is 4.10. The van der Waals surface area contributed by atoms with Crippen LogP contribution in [0, 0.1) is 0 Å². The second-order valence-corrected chi connectivity index (χ2v) is 5.57. The molecule has 0 atom stereocenters. The van der Waals surface area contributed by atoms with E-state index in [1.54, 1.807) is 11.3 Å². The molecule has 1 N–H and O–H groups in total. The first-order valence-electron chi connectivity index (χ1n) is 6.65. The maximum absolute atomic E-state index is 4.26. The number of nitrogens with one attached hydrogen (secondary N) is 1. The molecule has 0 amide bonds. The summed E-state index contributed by atoms with van der Waals surface area (Å²) < 4.78 is 0. The van der Waals surface area contributed by atoms with Crippen molar-refractivity contribution in [3.05, 3.63) is 76.7 Å². The van der Waals surface area contributed by atoms with Gasteiger partial charge < -0.3 is 5.32 Å². The van der Waals surface area contributed by atoms with Gasteiger partial charge in [0.15, 0.2) is 0 Å². The molecule has 20 heavy (non-hydrogen) atoms. The van der Waals surface area contributed by atoms with Gasteiger partial charge in [-0.2, -0.15) is 0 Å². The Morgan fingerprint density at radius 1 is 0.850 bits per heavy atom. The minimum Gasteiger partial charge on any atom is -0.306 e. The Labute approximate surface area is 123 Å². The van der Waals surface area contributed by atoms with Gasteiger partial charge in [-0.15, -0.1) is 11.3 Å². The van der Waals surface area contributed by atoms with Gasteiger partial charge in [0.2, 0.25) is 0 Å². The van der Waals surface area contributed by atoms with Crippen LogP contribution < -0.4 is 5.32 Å². The van der Waals surface area contributed by atoms with Crippen molar-refractivity contribution < 1.29 is 0 Å². The summed E-state index contributed by atoms with van der Waals surface area (Å²) in [7, 11) is 0. The summed E-state index contributed by atoms with van der Waals surface area (Å²) >= 11 is 1.68. The molecule has 0 aliphatic rings. The van der Waals surface area contributed by atoms with E-state index >= 15 is 0 Å². The summed E-state index contributed by atoms with van der Waals surface area (Å²) in [6.07, 6.45) is 1.84. The quantitative estimate of drug-likeness (QED) is 0.761. The number of hydrogen-bond acceptors (Lipinski definition) is 3. The predicted molar refractivity (Wildman–Crippen MR) is 84.5 cm³/mol. The van der Waals surface area contributed by atoms with Crippen LogP contribution in [0.15, 0.2) is 66.2 Å². The highest BCUT2D eigenvalue weighted by atomic mass is 32.1. The van der Waals surface area contributed by atoms with Crippen LogP contribution in [0.2, 0.25) is 0 Å². The molecule has 0 saturated carbocycles. The Morgan fingerprint density at radius 3 is 2.30 bits per heavy atom. The molecule has 1 heterocycles. The summed E-state index contributed by atoms with van der Waals surface area (Å²) in [5.74, 6) is 0. The van der Waals surface area contributed by atoms with Gasteiger partial charge >= 0.3 is 0 Å². The summed E-state index contributed by atoms with van der Waals surface area (Å²) in [5.41, 5.74) is 3.81. The molecule has 3 rings (SSSR count). The van der Waals surface area contributed by atoms with Crippen LogP contribution in [-0.4, -0.2) is 4.98 Å². The Balaban J connectivity index is 1.59. The van der Waals surface area contributed by atoms with E-state index in [1.807, 2.05) is 17.6 Å². The fraction of sp³-hybridized carbons (Fsp3) is 0.118. The zero-order valence-electron chi connectivity index (χ0n) is 11.1. The van der Waals surface area contributed by atoms with Crippen LogP contribution in [0.25, 0.3) is 11.1 Å². The highest BCUT2D eigenvalue weighted by molar-refractivity contribution is 7.09. The third kappa shape index (κ3) is 3.32. The number of aromatic nitrogens is 1. The molecule has 0 aliphatic carbocycles. The van der Waals surface area contributed by atoms with Crippen LogP contribution in [0.4, 0.5) is 0 Å². The van der Waals surface area contributed by atoms with Crippen molar-refractivity contribution in [2.45, 2.75) is 13.1 Å². The average molecular weight is 280 g/mol. The van der Waals surface area contributed by atoms with Crippen LogP contribution in [-0.2, 0) is 13.1 Å². The molecule has 0 saturated heterocycles. The first kappa shape index (κ1) is 13.0. The van der Waals surface area contributed by atoms with Crippen molar-refractivity contribution in [1.82, 2.24) is 10.3 Å². The zero-order chi connectivity index (χ0) is 13.6. The Morgan fingerprint density at radius 2 is 1.60 bits per heavy atom. The minimum atomic E-state index is 0.831. The summed E-state index contributed by atoms with van der Waals surface area (Å²) in [6, 6.07) is 19.2. The molecular formula is C17H16N2S. The second-order valence-electron chi connectivity index (χ2n) is 4.59. The number of thiazole rings is 1. The first-order valence-corrected chi connectivity index (χ1v) is 7.53. The Kier molecular flexibility index (Phi) is 4.21. The molecule has 0 radical (unpaired) electrons. The highest BCUT2D eigenvalue weighted by Gasteiger charge is 1.98. The van der Waals surface area contributed by atoms with Crippen LogP contribution in [0.3, 0.4) is 0 Å². The summed E-state index contributed by atoms with van der Waals surface area (Å²) in [6.45, 7) is 1.70. The molecule has 0 aliphatic heterocycles. The lowest BCUT2D eigenvalue weighted by atomic mass is 10.0. The maximum Gasteiger partial charge on any atom is 0.106 e. The standard InChI is InChI=1S/C17H16N2S/c1-2-4-15(5-3-1)16-8-6-14(7-9-16)12-18-13-17-19-10-11-20-17/h1-11,18H,12-13H2. The van der Waals surface area contributed by atoms with Crippen molar-refractivity contribution in [1.29, 1.82) is 0 Å². The SMILES string of the molecule is c1ccc(-c2ccc(CNCc3nccs3)cc2)cc1. The van der Waals surface area contributed by atoms with E-state index in [0.29, 0.717) is 0 Å². The zero-order valence-corrected chi connectivity index (χ0v) is 11.9. The molecule has 0 bridgehead atoms. The number of benzene rings is 2. The van der Waals surface area contributed by atoms with E-state index in [-0.39, 0.29) is 0 Å². The molecular weight excluding hydrogens is 264 g/mol. The Bertz CT molecular complexity index is 631. The fourth-order valence-electron chi connectivity index (χ4n) is 2.10. The van der Waals surface area contributed by atoms with Crippen molar-refractivity contribution in [2.24, 2.45) is 0 Å². The van der Waals surface area contributed by atoms with Crippen LogP contribution >= 0.6 is 11.3 Å². The monoisotopic (exact) mass is 280 g/mol. The van der Waals surface area contributed by atoms with Crippen molar-refractivity contribution >= 4 is 11.3 Å². The third-order valence-electron chi connectivity index (χ3n) is 3.15. The number of nitrogens with zero attached hydrogens (tertiary/aromatic N) is 1. The van der Waals surface area contributed by atoms with E-state index in [2.05, 4.69) is 58.8 Å². The lowest BCUT2D eigenvalue weighted by Gasteiger charge is -2.05. The first-order chi connectivity index (χ1) is 9.92. The number of hydrogen-bond donors (Lipinski definition) is 1. The molecule has 3 heteroatoms. The highest BCUT2D eigenvalue weighted by Crippen LogP contribution is 2.19. The smallest absolute Gasteiger partial charge is 0.106 e. The average Bonchev–Trinajstić information content (AvgIpc) is 3.02. The van der Waals surface area contributed by atoms with E-state index in [1.165, 1.54) is 16.7 Å². The van der Waals surface area contributed by atoms with Gasteiger partial charge in [0.25, 0.3) is 0 Å². The van der Waals surface area contributed by atoms with Crippen LogP contribution in [0.5, 0.6) is 0 Å². The largest absolute Gasteiger partial charge is 0.306 e. The molecule has 1 aromatic heterocycles. The van der Waals surface area contributed by atoms with Gasteiger partial charge in [0.1, 0.15) is 5.01 Å². The topological polar surface area (TPSA) is 24.9 Å². The maximum atomic E-state index is 4.26. The van der Waals surface area contributed by atoms with Gasteiger partial charge in [0, 0.05) is 24.7 Å². The lowest BCUT2D eigenvalue weighted by molar-refractivity contribution is 0.690. The lowest BCUT2D eigenvalue weighted by Crippen LogP contribution is -2.12. The van der Waals surface area contributed by atoms with Crippen molar-refractivity contribution in [2.75, 3.05) is 0 Å². The van der Waals surface area contributed by atoms with Gasteiger partial charge in [-0.05, 0) is 16.7 Å². The van der Waals surface area contributed by atoms with E-state index in [4.69, 9.17) is 0 Å². The van der Waals surface area contributed by atoms with E-state index in [9.17, 15) is 0 Å². The Hall–Kier alpha value is -1.97. The number of rotatable bonds is 5. The third-order valence-corrected chi connectivity index (χ3v) is 3.93. The molecule has 2 aromatic carbocycles. The van der Waals surface area contributed by atoms with Gasteiger partial charge in [-0.3, -0.25) is 0 Å². The molecule has 3 aromatic rings. The molecule has 2 nitrogen and oxygen atoms in total. The second kappa shape index (κ2) is 6.46. The van der Waals surface area contributed by atoms with Gasteiger partial charge in [-0.1, -0.05) is 54.6 Å². The molecule has 100 valence electrons. The van der Waals surface area contributed by atoms with Gasteiger partial charge in [0.05, 0.1) is 0 Å². The van der Waals surface area contributed by atoms with Crippen molar-refractivity contribution in [3.63, 3.8) is 0 Å². The summed E-state index contributed by atoms with van der Waals surface area (Å²) in [5, 5.41) is 6.55. The molecule has 0 fully saturated rings. The normalized spacial score (nSPS) is 10.6. The minimum absolute atomic E-state index is 0.831. The van der Waals surface area contributed by atoms with Gasteiger partial charge in [-0.25, -0.2) is 4.98 Å². The van der Waals surface area contributed by atoms with E-state index in [0.717, 1.165) is 18.1 Å².